The van der Waals surface area contributed by atoms with Gasteiger partial charge >= 0.3 is 0 Å². The van der Waals surface area contributed by atoms with E-state index < -0.39 is 0 Å². The third kappa shape index (κ3) is 3.71. The highest BCUT2D eigenvalue weighted by molar-refractivity contribution is 8.00. The lowest BCUT2D eigenvalue weighted by Crippen LogP contribution is -2.46. The van der Waals surface area contributed by atoms with E-state index in [-0.39, 0.29) is 17.2 Å². The number of hydrogen-bond acceptors (Lipinski definition) is 4. The molecule has 0 aliphatic heterocycles. The maximum absolute atomic E-state index is 12.5. The number of carbonyl (C=O) groups excluding carboxylic acids is 1. The Morgan fingerprint density at radius 2 is 2.13 bits per heavy atom. The lowest BCUT2D eigenvalue weighted by molar-refractivity contribution is -0.121. The largest absolute Gasteiger partial charge is 0.431 e. The molecule has 1 fully saturated rings. The standard InChI is InChI=1S/C18H24N2O2S/c1-11-7-6-9-14(12(11)2)19-17(21)13(3)23-18-20-15-8-4-5-10-16(15)22-18/h4-5,8,10-14H,6-7,9H2,1-3H3,(H,19,21)/t11-,12+,13-,14+/m1/s1. The van der Waals surface area contributed by atoms with E-state index in [0.717, 1.165) is 17.5 Å². The second kappa shape index (κ2) is 6.95. The number of carbonyl (C=O) groups is 1. The van der Waals surface area contributed by atoms with Crippen LogP contribution >= 0.6 is 11.8 Å². The lowest BCUT2D eigenvalue weighted by Gasteiger charge is -2.35. The Morgan fingerprint density at radius 3 is 2.91 bits per heavy atom. The van der Waals surface area contributed by atoms with E-state index in [0.29, 0.717) is 17.1 Å². The maximum atomic E-state index is 12.5. The quantitative estimate of drug-likeness (QED) is 0.851. The summed E-state index contributed by atoms with van der Waals surface area (Å²) < 4.78 is 5.69. The number of benzene rings is 1. The Morgan fingerprint density at radius 1 is 1.35 bits per heavy atom. The van der Waals surface area contributed by atoms with Crippen molar-refractivity contribution >= 4 is 28.8 Å². The Kier molecular flexibility index (Phi) is 4.95. The molecule has 1 saturated carbocycles. The van der Waals surface area contributed by atoms with Crippen molar-refractivity contribution in [1.82, 2.24) is 10.3 Å². The first kappa shape index (κ1) is 16.4. The van der Waals surface area contributed by atoms with E-state index in [2.05, 4.69) is 24.1 Å². The molecule has 1 aliphatic rings. The molecule has 1 aromatic carbocycles. The van der Waals surface area contributed by atoms with Gasteiger partial charge in [-0.15, -0.1) is 0 Å². The highest BCUT2D eigenvalue weighted by atomic mass is 32.2. The summed E-state index contributed by atoms with van der Waals surface area (Å²) in [7, 11) is 0. The zero-order chi connectivity index (χ0) is 16.4. The SMILES string of the molecule is C[C@H]1[C@H](C)CCC[C@@H]1NC(=O)[C@@H](C)Sc1nc2ccccc2o1. The molecule has 1 aromatic heterocycles. The van der Waals surface area contributed by atoms with Crippen LogP contribution in [0, 0.1) is 11.8 Å². The van der Waals surface area contributed by atoms with Gasteiger partial charge in [-0.2, -0.15) is 0 Å². The van der Waals surface area contributed by atoms with Crippen LogP contribution in [-0.4, -0.2) is 22.2 Å². The highest BCUT2D eigenvalue weighted by Gasteiger charge is 2.29. The summed E-state index contributed by atoms with van der Waals surface area (Å²) in [6.07, 6.45) is 3.54. The van der Waals surface area contributed by atoms with Gasteiger partial charge in [-0.3, -0.25) is 4.79 Å². The molecule has 0 unspecified atom stereocenters. The molecule has 124 valence electrons. The van der Waals surface area contributed by atoms with Gasteiger partial charge in [0.15, 0.2) is 5.58 Å². The van der Waals surface area contributed by atoms with Crippen LogP contribution < -0.4 is 5.32 Å². The van der Waals surface area contributed by atoms with Crippen molar-refractivity contribution in [2.24, 2.45) is 11.8 Å². The predicted octanol–water partition coefficient (Wildman–Crippen LogP) is 4.25. The molecule has 1 N–H and O–H groups in total. The minimum absolute atomic E-state index is 0.0724. The summed E-state index contributed by atoms with van der Waals surface area (Å²) in [5.41, 5.74) is 1.59. The third-order valence-electron chi connectivity index (χ3n) is 4.96. The number of aromatic nitrogens is 1. The Balaban J connectivity index is 1.61. The van der Waals surface area contributed by atoms with Gasteiger partial charge in [0.2, 0.25) is 5.91 Å². The zero-order valence-corrected chi connectivity index (χ0v) is 14.7. The van der Waals surface area contributed by atoms with Crippen molar-refractivity contribution in [2.75, 3.05) is 0 Å². The minimum Gasteiger partial charge on any atom is -0.431 e. The first-order valence-electron chi connectivity index (χ1n) is 8.37. The van der Waals surface area contributed by atoms with Crippen LogP contribution in [0.15, 0.2) is 33.9 Å². The molecule has 1 heterocycles. The van der Waals surface area contributed by atoms with Gasteiger partial charge in [-0.25, -0.2) is 4.98 Å². The molecule has 0 radical (unpaired) electrons. The molecule has 0 saturated heterocycles. The highest BCUT2D eigenvalue weighted by Crippen LogP contribution is 2.31. The number of amides is 1. The number of thioether (sulfide) groups is 1. The van der Waals surface area contributed by atoms with Crippen LogP contribution in [0.4, 0.5) is 0 Å². The smallest absolute Gasteiger partial charge is 0.257 e. The number of fused-ring (bicyclic) bond motifs is 1. The number of rotatable bonds is 4. The topological polar surface area (TPSA) is 55.1 Å². The number of oxazole rings is 1. The molecule has 23 heavy (non-hydrogen) atoms. The van der Waals surface area contributed by atoms with E-state index in [1.54, 1.807) is 0 Å². The molecule has 1 amide bonds. The normalized spacial score (nSPS) is 26.1. The summed E-state index contributed by atoms with van der Waals surface area (Å²) in [4.78, 5) is 16.9. The van der Waals surface area contributed by atoms with E-state index >= 15 is 0 Å². The van der Waals surface area contributed by atoms with Gasteiger partial charge in [0.05, 0.1) is 5.25 Å². The first-order valence-corrected chi connectivity index (χ1v) is 9.25. The predicted molar refractivity (Wildman–Crippen MR) is 93.4 cm³/mol. The minimum atomic E-state index is -0.215. The molecule has 0 spiro atoms. The molecule has 4 nitrogen and oxygen atoms in total. The summed E-state index contributed by atoms with van der Waals surface area (Å²) in [5.74, 6) is 1.28. The van der Waals surface area contributed by atoms with E-state index in [1.165, 1.54) is 24.6 Å². The van der Waals surface area contributed by atoms with Gasteiger partial charge in [-0.05, 0) is 37.3 Å². The summed E-state index contributed by atoms with van der Waals surface area (Å²) in [6, 6.07) is 7.95. The average molecular weight is 332 g/mol. The average Bonchev–Trinajstić information content (AvgIpc) is 2.93. The van der Waals surface area contributed by atoms with Crippen molar-refractivity contribution in [2.45, 2.75) is 56.5 Å². The summed E-state index contributed by atoms with van der Waals surface area (Å²) >= 11 is 1.38. The van der Waals surface area contributed by atoms with Gasteiger partial charge in [0.1, 0.15) is 5.52 Å². The van der Waals surface area contributed by atoms with E-state index in [9.17, 15) is 4.79 Å². The van der Waals surface area contributed by atoms with Crippen LogP contribution in [0.1, 0.15) is 40.0 Å². The van der Waals surface area contributed by atoms with Crippen molar-refractivity contribution in [3.8, 4) is 0 Å². The zero-order valence-electron chi connectivity index (χ0n) is 13.9. The lowest BCUT2D eigenvalue weighted by atomic mass is 9.78. The van der Waals surface area contributed by atoms with Crippen LogP contribution in [0.25, 0.3) is 11.1 Å². The second-order valence-corrected chi connectivity index (χ2v) is 7.88. The van der Waals surface area contributed by atoms with Crippen LogP contribution in [0.3, 0.4) is 0 Å². The van der Waals surface area contributed by atoms with Gasteiger partial charge in [-0.1, -0.05) is 50.6 Å². The maximum Gasteiger partial charge on any atom is 0.257 e. The molecule has 2 aromatic rings. The molecule has 4 atom stereocenters. The number of hydrogen-bond donors (Lipinski definition) is 1. The first-order chi connectivity index (χ1) is 11.0. The van der Waals surface area contributed by atoms with Crippen molar-refractivity contribution in [3.05, 3.63) is 24.3 Å². The summed E-state index contributed by atoms with van der Waals surface area (Å²) in [5, 5.41) is 3.56. The fraction of sp³-hybridized carbons (Fsp3) is 0.556. The fourth-order valence-electron chi connectivity index (χ4n) is 3.19. The number of nitrogens with one attached hydrogen (secondary N) is 1. The van der Waals surface area contributed by atoms with E-state index in [1.807, 2.05) is 31.2 Å². The van der Waals surface area contributed by atoms with Crippen LogP contribution in [0.5, 0.6) is 0 Å². The Hall–Kier alpha value is -1.49. The Labute approximate surface area is 141 Å². The van der Waals surface area contributed by atoms with Gasteiger partial charge < -0.3 is 9.73 Å². The Bertz CT molecular complexity index is 651. The van der Waals surface area contributed by atoms with Crippen molar-refractivity contribution in [3.63, 3.8) is 0 Å². The van der Waals surface area contributed by atoms with Gasteiger partial charge in [0, 0.05) is 6.04 Å². The molecule has 5 heteroatoms. The molecular weight excluding hydrogens is 308 g/mol. The number of nitrogens with zero attached hydrogens (tertiary/aromatic N) is 1. The fourth-order valence-corrected chi connectivity index (χ4v) is 3.96. The molecule has 3 rings (SSSR count). The molecule has 1 aliphatic carbocycles. The van der Waals surface area contributed by atoms with Crippen molar-refractivity contribution < 1.29 is 9.21 Å². The summed E-state index contributed by atoms with van der Waals surface area (Å²) in [6.45, 7) is 6.43. The monoisotopic (exact) mass is 332 g/mol. The van der Waals surface area contributed by atoms with Crippen LogP contribution in [0.2, 0.25) is 0 Å². The third-order valence-corrected chi connectivity index (χ3v) is 5.90. The molecular formula is C18H24N2O2S. The van der Waals surface area contributed by atoms with Crippen molar-refractivity contribution in [1.29, 1.82) is 0 Å². The van der Waals surface area contributed by atoms with E-state index in [4.69, 9.17) is 4.42 Å². The second-order valence-electron chi connectivity index (χ2n) is 6.59. The molecule has 0 bridgehead atoms. The van der Waals surface area contributed by atoms with Crippen LogP contribution in [-0.2, 0) is 4.79 Å². The number of para-hydroxylation sites is 2. The van der Waals surface area contributed by atoms with Gasteiger partial charge in [0.25, 0.3) is 5.22 Å².